The van der Waals surface area contributed by atoms with Gasteiger partial charge in [-0.05, 0) is 50.6 Å². The molecule has 0 aromatic heterocycles. The molecule has 0 saturated carbocycles. The number of benzene rings is 1. The lowest BCUT2D eigenvalue weighted by molar-refractivity contribution is -0.0145. The topological polar surface area (TPSA) is 45.2 Å². The molecule has 140 valence electrons. The van der Waals surface area contributed by atoms with Gasteiger partial charge in [0, 0.05) is 31.2 Å². The van der Waals surface area contributed by atoms with Gasteiger partial charge in [-0.3, -0.25) is 9.80 Å². The molecule has 2 atom stereocenters. The average molecular weight is 348 g/mol. The molecule has 2 heterocycles. The van der Waals surface area contributed by atoms with Crippen molar-refractivity contribution in [2.45, 2.75) is 50.8 Å². The molecule has 5 nitrogen and oxygen atoms in total. The Morgan fingerprint density at radius 3 is 2.44 bits per heavy atom. The van der Waals surface area contributed by atoms with E-state index in [4.69, 9.17) is 9.47 Å². The van der Waals surface area contributed by atoms with E-state index in [9.17, 15) is 5.11 Å². The second-order valence-electron chi connectivity index (χ2n) is 7.29. The summed E-state index contributed by atoms with van der Waals surface area (Å²) in [7, 11) is 3.38. The normalized spacial score (nSPS) is 26.2. The molecule has 0 amide bonds. The molecular formula is C20H32N2O3. The van der Waals surface area contributed by atoms with Crippen LogP contribution < -0.4 is 9.47 Å². The summed E-state index contributed by atoms with van der Waals surface area (Å²) < 4.78 is 10.8. The summed E-state index contributed by atoms with van der Waals surface area (Å²) in [4.78, 5) is 4.86. The van der Waals surface area contributed by atoms with E-state index in [-0.39, 0.29) is 6.10 Å². The highest BCUT2D eigenvalue weighted by Gasteiger charge is 2.32. The van der Waals surface area contributed by atoms with Crippen molar-refractivity contribution < 1.29 is 14.6 Å². The minimum Gasteiger partial charge on any atom is -0.497 e. The number of hydrogen-bond donors (Lipinski definition) is 1. The first-order chi connectivity index (χ1) is 12.2. The lowest BCUT2D eigenvalue weighted by Crippen LogP contribution is -2.54. The fraction of sp³-hybridized carbons (Fsp3) is 0.700. The minimum absolute atomic E-state index is 0.275. The van der Waals surface area contributed by atoms with Gasteiger partial charge in [0.25, 0.3) is 0 Å². The van der Waals surface area contributed by atoms with Gasteiger partial charge in [-0.1, -0.05) is 12.8 Å². The summed E-state index contributed by atoms with van der Waals surface area (Å²) in [6.45, 7) is 4.81. The Balaban J connectivity index is 1.61. The van der Waals surface area contributed by atoms with Gasteiger partial charge in [-0.15, -0.1) is 0 Å². The van der Waals surface area contributed by atoms with E-state index in [2.05, 4.69) is 9.80 Å². The molecule has 3 rings (SSSR count). The number of likely N-dealkylation sites (tertiary alicyclic amines) is 2. The third kappa shape index (κ3) is 4.66. The quantitative estimate of drug-likeness (QED) is 0.886. The SMILES string of the molecule is COc1ccc(OC)c(CN2CC[C@@H](N3CCCCCC3)[C@H](O)C2)c1. The molecule has 1 aromatic rings. The summed E-state index contributed by atoms with van der Waals surface area (Å²) >= 11 is 0. The molecule has 5 heteroatoms. The third-order valence-corrected chi connectivity index (χ3v) is 5.62. The summed E-state index contributed by atoms with van der Waals surface area (Å²) in [5.74, 6) is 1.72. The second-order valence-corrected chi connectivity index (χ2v) is 7.29. The van der Waals surface area contributed by atoms with Crippen molar-refractivity contribution in [1.82, 2.24) is 9.80 Å². The Bertz CT molecular complexity index is 544. The van der Waals surface area contributed by atoms with E-state index in [1.807, 2.05) is 18.2 Å². The maximum atomic E-state index is 10.7. The molecule has 0 aliphatic carbocycles. The largest absolute Gasteiger partial charge is 0.497 e. The molecule has 1 N–H and O–H groups in total. The van der Waals surface area contributed by atoms with Crippen molar-refractivity contribution in [3.8, 4) is 11.5 Å². The maximum absolute atomic E-state index is 10.7. The first kappa shape index (κ1) is 18.5. The number of nitrogens with zero attached hydrogens (tertiary/aromatic N) is 2. The van der Waals surface area contributed by atoms with E-state index in [0.717, 1.165) is 56.2 Å². The van der Waals surface area contributed by atoms with Gasteiger partial charge >= 0.3 is 0 Å². The summed E-state index contributed by atoms with van der Waals surface area (Å²) in [5, 5.41) is 10.7. The highest BCUT2D eigenvalue weighted by Crippen LogP contribution is 2.27. The van der Waals surface area contributed by atoms with Gasteiger partial charge in [0.1, 0.15) is 11.5 Å². The molecule has 2 fully saturated rings. The van der Waals surface area contributed by atoms with Crippen molar-refractivity contribution in [2.75, 3.05) is 40.4 Å². The zero-order valence-corrected chi connectivity index (χ0v) is 15.6. The predicted molar refractivity (Wildman–Crippen MR) is 99.3 cm³/mol. The maximum Gasteiger partial charge on any atom is 0.123 e. The smallest absolute Gasteiger partial charge is 0.123 e. The van der Waals surface area contributed by atoms with Gasteiger partial charge in [0.2, 0.25) is 0 Å². The van der Waals surface area contributed by atoms with Crippen LogP contribution >= 0.6 is 0 Å². The first-order valence-electron chi connectivity index (χ1n) is 9.56. The molecule has 2 aliphatic heterocycles. The van der Waals surface area contributed by atoms with Crippen LogP contribution in [0.2, 0.25) is 0 Å². The third-order valence-electron chi connectivity index (χ3n) is 5.62. The number of aliphatic hydroxyl groups is 1. The summed E-state index contributed by atoms with van der Waals surface area (Å²) in [5.41, 5.74) is 1.11. The van der Waals surface area contributed by atoms with Crippen LogP contribution in [0, 0.1) is 0 Å². The summed E-state index contributed by atoms with van der Waals surface area (Å²) in [6.07, 6.45) is 5.97. The van der Waals surface area contributed by atoms with Gasteiger partial charge in [-0.25, -0.2) is 0 Å². The number of aliphatic hydroxyl groups excluding tert-OH is 1. The van der Waals surface area contributed by atoms with Crippen LogP contribution in [0.15, 0.2) is 18.2 Å². The molecule has 0 bridgehead atoms. The molecule has 1 aromatic carbocycles. The predicted octanol–water partition coefficient (Wildman–Crippen LogP) is 2.52. The average Bonchev–Trinajstić information content (AvgIpc) is 2.91. The van der Waals surface area contributed by atoms with E-state index in [1.54, 1.807) is 14.2 Å². The van der Waals surface area contributed by atoms with E-state index < -0.39 is 0 Å². The molecule has 2 aliphatic rings. The molecule has 0 radical (unpaired) electrons. The Labute approximate surface area is 151 Å². The van der Waals surface area contributed by atoms with Gasteiger partial charge in [-0.2, -0.15) is 0 Å². The summed E-state index contributed by atoms with van der Waals surface area (Å²) in [6, 6.07) is 6.23. The highest BCUT2D eigenvalue weighted by molar-refractivity contribution is 5.40. The number of methoxy groups -OCH3 is 2. The van der Waals surface area contributed by atoms with E-state index in [1.165, 1.54) is 25.7 Å². The van der Waals surface area contributed by atoms with Crippen molar-refractivity contribution in [1.29, 1.82) is 0 Å². The Morgan fingerprint density at radius 2 is 1.80 bits per heavy atom. The Hall–Kier alpha value is -1.30. The fourth-order valence-corrected chi connectivity index (χ4v) is 4.23. The van der Waals surface area contributed by atoms with Crippen LogP contribution in [0.4, 0.5) is 0 Å². The van der Waals surface area contributed by atoms with E-state index in [0.29, 0.717) is 6.04 Å². The highest BCUT2D eigenvalue weighted by atomic mass is 16.5. The van der Waals surface area contributed by atoms with Crippen molar-refractivity contribution in [2.24, 2.45) is 0 Å². The van der Waals surface area contributed by atoms with E-state index >= 15 is 0 Å². The molecule has 0 unspecified atom stereocenters. The van der Waals surface area contributed by atoms with Crippen LogP contribution in [0.3, 0.4) is 0 Å². The molecule has 2 saturated heterocycles. The van der Waals surface area contributed by atoms with Gasteiger partial charge < -0.3 is 14.6 Å². The minimum atomic E-state index is -0.275. The Kier molecular flexibility index (Phi) is 6.57. The second kappa shape index (κ2) is 8.88. The van der Waals surface area contributed by atoms with Gasteiger partial charge in [0.05, 0.1) is 20.3 Å². The van der Waals surface area contributed by atoms with Crippen molar-refractivity contribution in [3.05, 3.63) is 23.8 Å². The fourth-order valence-electron chi connectivity index (χ4n) is 4.23. The number of hydrogen-bond acceptors (Lipinski definition) is 5. The Morgan fingerprint density at radius 1 is 1.04 bits per heavy atom. The van der Waals surface area contributed by atoms with Crippen LogP contribution in [0.5, 0.6) is 11.5 Å². The van der Waals surface area contributed by atoms with Crippen molar-refractivity contribution >= 4 is 0 Å². The molecular weight excluding hydrogens is 316 g/mol. The number of β-amino-alcohol motifs (C(OH)–C–C–N with tert-alkyl or cyclic N) is 1. The van der Waals surface area contributed by atoms with Crippen LogP contribution in [-0.4, -0.2) is 67.5 Å². The van der Waals surface area contributed by atoms with Crippen LogP contribution in [0.1, 0.15) is 37.7 Å². The monoisotopic (exact) mass is 348 g/mol. The van der Waals surface area contributed by atoms with Crippen LogP contribution in [0.25, 0.3) is 0 Å². The zero-order chi connectivity index (χ0) is 17.6. The van der Waals surface area contributed by atoms with Gasteiger partial charge in [0.15, 0.2) is 0 Å². The lowest BCUT2D eigenvalue weighted by atomic mass is 9.99. The molecule has 0 spiro atoms. The van der Waals surface area contributed by atoms with Crippen molar-refractivity contribution in [3.63, 3.8) is 0 Å². The number of ether oxygens (including phenoxy) is 2. The first-order valence-corrected chi connectivity index (χ1v) is 9.56. The number of piperidine rings is 1. The van der Waals surface area contributed by atoms with Crippen LogP contribution in [-0.2, 0) is 6.54 Å². The lowest BCUT2D eigenvalue weighted by Gasteiger charge is -2.41. The standard InChI is InChI=1S/C20H32N2O3/c1-24-17-7-8-20(25-2)16(13-17)14-21-12-9-18(19(23)15-21)22-10-5-3-4-6-11-22/h7-8,13,18-19,23H,3-6,9-12,14-15H2,1-2H3/t18-,19-/m1/s1. The number of rotatable bonds is 5. The zero-order valence-electron chi connectivity index (χ0n) is 15.6. The molecule has 25 heavy (non-hydrogen) atoms.